The van der Waals surface area contributed by atoms with Gasteiger partial charge in [-0.05, 0) is 61.6 Å². The van der Waals surface area contributed by atoms with E-state index in [1.54, 1.807) is 18.2 Å². The van der Waals surface area contributed by atoms with Gasteiger partial charge in [0.2, 0.25) is 11.8 Å². The maximum absolute atomic E-state index is 15.0. The molecule has 0 spiro atoms. The van der Waals surface area contributed by atoms with Gasteiger partial charge in [-0.2, -0.15) is 0 Å². The Hall–Kier alpha value is -3.72. The smallest absolute Gasteiger partial charge is 0.264 e. The van der Waals surface area contributed by atoms with E-state index in [9.17, 15) is 18.0 Å². The maximum atomic E-state index is 15.0. The minimum absolute atomic E-state index is 0.0605. The minimum atomic E-state index is -4.31. The number of hydrogen-bond acceptors (Lipinski definition) is 4. The minimum Gasteiger partial charge on any atom is -0.352 e. The molecule has 1 saturated carbocycles. The van der Waals surface area contributed by atoms with E-state index in [-0.39, 0.29) is 29.1 Å². The third-order valence-electron chi connectivity index (χ3n) is 7.42. The average molecular weight is 566 g/mol. The number of para-hydroxylation sites is 1. The summed E-state index contributed by atoms with van der Waals surface area (Å²) in [5, 5.41) is 3.09. The zero-order valence-corrected chi connectivity index (χ0v) is 23.7. The van der Waals surface area contributed by atoms with Crippen LogP contribution in [0.4, 0.5) is 10.1 Å². The summed E-state index contributed by atoms with van der Waals surface area (Å²) in [7, 11) is -4.31. The first-order valence-electron chi connectivity index (χ1n) is 13.7. The molecule has 0 heterocycles. The Morgan fingerprint density at radius 2 is 1.57 bits per heavy atom. The van der Waals surface area contributed by atoms with E-state index in [2.05, 4.69) is 5.32 Å². The molecule has 0 bridgehead atoms. The number of amides is 2. The van der Waals surface area contributed by atoms with E-state index in [1.807, 2.05) is 38.1 Å². The lowest BCUT2D eigenvalue weighted by atomic mass is 10.1. The summed E-state index contributed by atoms with van der Waals surface area (Å²) < 4.78 is 43.4. The first-order chi connectivity index (χ1) is 19.2. The molecule has 1 atom stereocenters. The average Bonchev–Trinajstić information content (AvgIpc) is 3.46. The Morgan fingerprint density at radius 1 is 0.950 bits per heavy atom. The number of anilines is 1. The van der Waals surface area contributed by atoms with Crippen LogP contribution in [0.1, 0.15) is 50.2 Å². The number of aryl methyl sites for hydroxylation is 1. The normalized spacial score (nSPS) is 14.5. The molecule has 40 heavy (non-hydrogen) atoms. The predicted octanol–water partition coefficient (Wildman–Crippen LogP) is 5.20. The molecule has 3 aromatic rings. The van der Waals surface area contributed by atoms with Crippen LogP contribution in [-0.4, -0.2) is 43.8 Å². The molecule has 9 heteroatoms. The zero-order chi connectivity index (χ0) is 28.7. The quantitative estimate of drug-likeness (QED) is 0.347. The van der Waals surface area contributed by atoms with Gasteiger partial charge in [0.25, 0.3) is 10.0 Å². The Kier molecular flexibility index (Phi) is 9.58. The van der Waals surface area contributed by atoms with Crippen LogP contribution in [0.5, 0.6) is 0 Å². The number of nitrogens with zero attached hydrogens (tertiary/aromatic N) is 2. The van der Waals surface area contributed by atoms with Crippen molar-refractivity contribution in [3.05, 3.63) is 95.8 Å². The van der Waals surface area contributed by atoms with E-state index in [0.29, 0.717) is 6.42 Å². The second-order valence-corrected chi connectivity index (χ2v) is 12.0. The van der Waals surface area contributed by atoms with Gasteiger partial charge in [-0.15, -0.1) is 0 Å². The van der Waals surface area contributed by atoms with Crippen LogP contribution in [0.15, 0.2) is 83.8 Å². The molecular weight excluding hydrogens is 529 g/mol. The van der Waals surface area contributed by atoms with Gasteiger partial charge >= 0.3 is 0 Å². The fraction of sp³-hybridized carbons (Fsp3) is 0.355. The molecule has 1 aliphatic carbocycles. The predicted molar refractivity (Wildman–Crippen MR) is 154 cm³/mol. The Balaban J connectivity index is 1.72. The van der Waals surface area contributed by atoms with E-state index in [1.165, 1.54) is 35.2 Å². The van der Waals surface area contributed by atoms with Crippen LogP contribution in [0.25, 0.3) is 0 Å². The number of benzene rings is 3. The topological polar surface area (TPSA) is 86.8 Å². The van der Waals surface area contributed by atoms with E-state index in [4.69, 9.17) is 0 Å². The van der Waals surface area contributed by atoms with Crippen molar-refractivity contribution in [2.75, 3.05) is 10.8 Å². The van der Waals surface area contributed by atoms with Crippen molar-refractivity contribution in [3.63, 3.8) is 0 Å². The highest BCUT2D eigenvalue weighted by molar-refractivity contribution is 7.92. The number of sulfonamides is 1. The van der Waals surface area contributed by atoms with Gasteiger partial charge in [0.1, 0.15) is 18.4 Å². The van der Waals surface area contributed by atoms with Gasteiger partial charge in [-0.3, -0.25) is 13.9 Å². The molecule has 0 saturated heterocycles. The van der Waals surface area contributed by atoms with Gasteiger partial charge in [-0.1, -0.05) is 74.4 Å². The molecule has 212 valence electrons. The van der Waals surface area contributed by atoms with Crippen molar-refractivity contribution in [2.24, 2.45) is 0 Å². The Morgan fingerprint density at radius 3 is 2.23 bits per heavy atom. The summed E-state index contributed by atoms with van der Waals surface area (Å²) in [5.74, 6) is -1.63. The first-order valence-corrected chi connectivity index (χ1v) is 15.1. The molecule has 1 N–H and O–H groups in total. The summed E-state index contributed by atoms with van der Waals surface area (Å²) in [6, 6.07) is 19.9. The number of rotatable bonds is 11. The van der Waals surface area contributed by atoms with Crippen LogP contribution in [0.2, 0.25) is 0 Å². The molecule has 7 nitrogen and oxygen atoms in total. The lowest BCUT2D eigenvalue weighted by molar-refractivity contribution is -0.140. The second kappa shape index (κ2) is 13.1. The molecule has 0 aromatic heterocycles. The molecular formula is C31H36FN3O4S. The summed E-state index contributed by atoms with van der Waals surface area (Å²) >= 11 is 0. The van der Waals surface area contributed by atoms with Gasteiger partial charge in [0.15, 0.2) is 0 Å². The first kappa shape index (κ1) is 29.3. The highest BCUT2D eigenvalue weighted by Gasteiger charge is 2.35. The Labute approximate surface area is 236 Å². The van der Waals surface area contributed by atoms with Crippen LogP contribution in [-0.2, 0) is 26.2 Å². The van der Waals surface area contributed by atoms with Gasteiger partial charge in [0.05, 0.1) is 10.6 Å². The van der Waals surface area contributed by atoms with Crippen molar-refractivity contribution < 1.29 is 22.4 Å². The zero-order valence-electron chi connectivity index (χ0n) is 22.9. The van der Waals surface area contributed by atoms with Crippen molar-refractivity contribution in [1.82, 2.24) is 10.2 Å². The summed E-state index contributed by atoms with van der Waals surface area (Å²) in [6.45, 7) is 3.19. The van der Waals surface area contributed by atoms with E-state index < -0.39 is 34.3 Å². The van der Waals surface area contributed by atoms with Crippen LogP contribution in [0.3, 0.4) is 0 Å². The highest BCUT2D eigenvalue weighted by atomic mass is 32.2. The van der Waals surface area contributed by atoms with Gasteiger partial charge < -0.3 is 10.2 Å². The van der Waals surface area contributed by atoms with Crippen molar-refractivity contribution in [3.8, 4) is 0 Å². The number of hydrogen-bond donors (Lipinski definition) is 1. The monoisotopic (exact) mass is 565 g/mol. The van der Waals surface area contributed by atoms with Crippen LogP contribution in [0, 0.1) is 12.7 Å². The third-order valence-corrected chi connectivity index (χ3v) is 9.19. The number of carbonyl (C=O) groups excluding carboxylic acids is 2. The lowest BCUT2D eigenvalue weighted by Crippen LogP contribution is -2.53. The second-order valence-electron chi connectivity index (χ2n) is 10.1. The SMILES string of the molecule is CC[C@H](C(=O)NC1CCCC1)N(Cc1ccccc1C)C(=O)CN(c1ccccc1F)S(=O)(=O)c1ccccc1. The molecule has 2 amide bonds. The van der Waals surface area contributed by atoms with Crippen LogP contribution >= 0.6 is 0 Å². The molecule has 1 fully saturated rings. The highest BCUT2D eigenvalue weighted by Crippen LogP contribution is 2.27. The summed E-state index contributed by atoms with van der Waals surface area (Å²) in [6.07, 6.45) is 4.21. The molecule has 0 unspecified atom stereocenters. The van der Waals surface area contributed by atoms with Crippen molar-refractivity contribution in [1.29, 1.82) is 0 Å². The van der Waals surface area contributed by atoms with E-state index >= 15 is 4.39 Å². The maximum Gasteiger partial charge on any atom is 0.264 e. The Bertz CT molecular complexity index is 1430. The van der Waals surface area contributed by atoms with Gasteiger partial charge in [0, 0.05) is 12.6 Å². The van der Waals surface area contributed by atoms with Crippen molar-refractivity contribution >= 4 is 27.5 Å². The number of nitrogens with one attached hydrogen (secondary N) is 1. The number of halogens is 1. The molecule has 0 radical (unpaired) electrons. The third kappa shape index (κ3) is 6.70. The number of carbonyl (C=O) groups is 2. The standard InChI is InChI=1S/C31H36FN3O4S/c1-3-28(31(37)33-25-15-9-10-16-25)34(21-24-14-8-7-13-23(24)2)30(36)22-35(29-20-12-11-19-27(29)32)40(38,39)26-17-5-4-6-18-26/h4-8,11-14,17-20,25,28H,3,9-10,15-16,21-22H2,1-2H3,(H,33,37)/t28-/m1/s1. The van der Waals surface area contributed by atoms with E-state index in [0.717, 1.165) is 47.2 Å². The van der Waals surface area contributed by atoms with Crippen molar-refractivity contribution in [2.45, 2.75) is 69.5 Å². The molecule has 4 rings (SSSR count). The fourth-order valence-electron chi connectivity index (χ4n) is 5.15. The largest absolute Gasteiger partial charge is 0.352 e. The molecule has 0 aliphatic heterocycles. The summed E-state index contributed by atoms with van der Waals surface area (Å²) in [5.41, 5.74) is 1.54. The van der Waals surface area contributed by atoms with Crippen LogP contribution < -0.4 is 9.62 Å². The lowest BCUT2D eigenvalue weighted by Gasteiger charge is -2.34. The van der Waals surface area contributed by atoms with Gasteiger partial charge in [-0.25, -0.2) is 12.8 Å². The molecule has 1 aliphatic rings. The fourth-order valence-corrected chi connectivity index (χ4v) is 6.59. The molecule has 3 aromatic carbocycles. The summed E-state index contributed by atoms with van der Waals surface area (Å²) in [4.78, 5) is 28.9.